The Hall–Kier alpha value is -2.54. The van der Waals surface area contributed by atoms with Crippen molar-refractivity contribution in [2.45, 2.75) is 13.5 Å². The van der Waals surface area contributed by atoms with E-state index in [1.807, 2.05) is 12.1 Å². The number of carbonyl (C=O) groups excluding carboxylic acids is 2. The van der Waals surface area contributed by atoms with Gasteiger partial charge in [0, 0.05) is 17.6 Å². The van der Waals surface area contributed by atoms with Crippen molar-refractivity contribution in [3.63, 3.8) is 0 Å². The van der Waals surface area contributed by atoms with Crippen LogP contribution in [0.25, 0.3) is 0 Å². The van der Waals surface area contributed by atoms with Crippen LogP contribution in [0.4, 0.5) is 10.6 Å². The smallest absolute Gasteiger partial charge is 0.315 e. The van der Waals surface area contributed by atoms with E-state index in [2.05, 4.69) is 21.1 Å². The molecule has 3 amide bonds. The first-order valence-electron chi connectivity index (χ1n) is 6.52. The summed E-state index contributed by atoms with van der Waals surface area (Å²) in [4.78, 5) is 23.2. The number of carbonyl (C=O) groups is 2. The average molecular weight is 323 g/mol. The van der Waals surface area contributed by atoms with Crippen LogP contribution in [0, 0.1) is 6.92 Å². The number of anilines is 1. The van der Waals surface area contributed by atoms with Gasteiger partial charge in [-0.3, -0.25) is 4.79 Å². The fourth-order valence-corrected chi connectivity index (χ4v) is 1.75. The number of rotatable bonds is 5. The van der Waals surface area contributed by atoms with Gasteiger partial charge >= 0.3 is 6.03 Å². The minimum atomic E-state index is -0.443. The van der Waals surface area contributed by atoms with Crippen LogP contribution < -0.4 is 16.0 Å². The lowest BCUT2D eigenvalue weighted by Gasteiger charge is -2.07. The summed E-state index contributed by atoms with van der Waals surface area (Å²) in [5.74, 6) is 0.504. The van der Waals surface area contributed by atoms with Crippen molar-refractivity contribution in [3.05, 3.63) is 46.7 Å². The van der Waals surface area contributed by atoms with Gasteiger partial charge in [-0.15, -0.1) is 0 Å². The van der Waals surface area contributed by atoms with E-state index in [0.29, 0.717) is 23.1 Å². The van der Waals surface area contributed by atoms with Crippen molar-refractivity contribution in [1.82, 2.24) is 15.8 Å². The Bertz CT molecular complexity index is 654. The molecule has 2 rings (SSSR count). The summed E-state index contributed by atoms with van der Waals surface area (Å²) in [5.41, 5.74) is 0.905. The third-order valence-corrected chi connectivity index (χ3v) is 2.92. The van der Waals surface area contributed by atoms with Crippen LogP contribution in [0.15, 0.2) is 34.9 Å². The number of nitrogens with zero attached hydrogens (tertiary/aromatic N) is 1. The van der Waals surface area contributed by atoms with Gasteiger partial charge in [-0.25, -0.2) is 4.79 Å². The third kappa shape index (κ3) is 5.10. The second-order valence-corrected chi connectivity index (χ2v) is 4.97. The van der Waals surface area contributed by atoms with Gasteiger partial charge in [0.15, 0.2) is 5.82 Å². The molecule has 0 fully saturated rings. The van der Waals surface area contributed by atoms with Crippen LogP contribution in [0.3, 0.4) is 0 Å². The second-order valence-electron chi connectivity index (χ2n) is 4.53. The molecular formula is C14H15ClN4O3. The van der Waals surface area contributed by atoms with Gasteiger partial charge in [-0.05, 0) is 24.6 Å². The Morgan fingerprint density at radius 3 is 2.59 bits per heavy atom. The fourth-order valence-electron chi connectivity index (χ4n) is 1.62. The highest BCUT2D eigenvalue weighted by molar-refractivity contribution is 6.30. The highest BCUT2D eigenvalue weighted by atomic mass is 35.5. The normalized spacial score (nSPS) is 10.1. The number of hydrogen-bond acceptors (Lipinski definition) is 4. The molecule has 8 heteroatoms. The fraction of sp³-hybridized carbons (Fsp3) is 0.214. The molecule has 1 aromatic carbocycles. The van der Waals surface area contributed by atoms with Crippen molar-refractivity contribution in [2.24, 2.45) is 0 Å². The van der Waals surface area contributed by atoms with E-state index >= 15 is 0 Å². The van der Waals surface area contributed by atoms with E-state index < -0.39 is 11.9 Å². The van der Waals surface area contributed by atoms with Crippen molar-refractivity contribution in [2.75, 3.05) is 11.9 Å². The Morgan fingerprint density at radius 2 is 1.95 bits per heavy atom. The Labute approximate surface area is 132 Å². The number of aryl methyl sites for hydroxylation is 1. The van der Waals surface area contributed by atoms with E-state index in [1.54, 1.807) is 25.1 Å². The first-order valence-corrected chi connectivity index (χ1v) is 6.90. The van der Waals surface area contributed by atoms with Gasteiger partial charge in [0.1, 0.15) is 5.76 Å². The first kappa shape index (κ1) is 15.8. The average Bonchev–Trinajstić information content (AvgIpc) is 2.89. The topological polar surface area (TPSA) is 96.3 Å². The molecule has 0 saturated carbocycles. The minimum absolute atomic E-state index is 0.168. The maximum Gasteiger partial charge on any atom is 0.315 e. The summed E-state index contributed by atoms with van der Waals surface area (Å²) >= 11 is 5.77. The maximum atomic E-state index is 11.6. The Kier molecular flexibility index (Phi) is 5.37. The van der Waals surface area contributed by atoms with Gasteiger partial charge in [-0.1, -0.05) is 28.9 Å². The van der Waals surface area contributed by atoms with E-state index in [4.69, 9.17) is 16.1 Å². The molecule has 0 aliphatic carbocycles. The highest BCUT2D eigenvalue weighted by Gasteiger charge is 2.08. The van der Waals surface area contributed by atoms with Gasteiger partial charge in [0.25, 0.3) is 0 Å². The predicted molar refractivity (Wildman–Crippen MR) is 81.6 cm³/mol. The zero-order chi connectivity index (χ0) is 15.9. The first-order chi connectivity index (χ1) is 10.5. The van der Waals surface area contributed by atoms with Crippen LogP contribution in [0.2, 0.25) is 5.02 Å². The molecule has 1 aromatic heterocycles. The molecule has 0 aliphatic heterocycles. The van der Waals surface area contributed by atoms with E-state index in [9.17, 15) is 9.59 Å². The summed E-state index contributed by atoms with van der Waals surface area (Å²) in [5, 5.41) is 11.8. The Balaban J connectivity index is 1.68. The second kappa shape index (κ2) is 7.46. The zero-order valence-electron chi connectivity index (χ0n) is 11.9. The molecule has 2 aromatic rings. The molecule has 3 N–H and O–H groups in total. The molecule has 0 aliphatic rings. The monoisotopic (exact) mass is 322 g/mol. The zero-order valence-corrected chi connectivity index (χ0v) is 12.6. The van der Waals surface area contributed by atoms with Crippen LogP contribution in [-0.2, 0) is 11.3 Å². The lowest BCUT2D eigenvalue weighted by molar-refractivity contribution is -0.115. The quantitative estimate of drug-likeness (QED) is 0.785. The number of amides is 3. The molecule has 116 valence electrons. The molecule has 0 radical (unpaired) electrons. The van der Waals surface area contributed by atoms with E-state index in [0.717, 1.165) is 5.56 Å². The van der Waals surface area contributed by atoms with Gasteiger partial charge in [0.05, 0.1) is 6.54 Å². The molecular weight excluding hydrogens is 308 g/mol. The van der Waals surface area contributed by atoms with Gasteiger partial charge in [0.2, 0.25) is 5.91 Å². The van der Waals surface area contributed by atoms with Crippen molar-refractivity contribution in [1.29, 1.82) is 0 Å². The predicted octanol–water partition coefficient (Wildman–Crippen LogP) is 2.07. The summed E-state index contributed by atoms with van der Waals surface area (Å²) < 4.78 is 4.81. The summed E-state index contributed by atoms with van der Waals surface area (Å²) in [6.07, 6.45) is 0. The number of aromatic nitrogens is 1. The van der Waals surface area contributed by atoms with E-state index in [1.165, 1.54) is 0 Å². The summed E-state index contributed by atoms with van der Waals surface area (Å²) in [6.45, 7) is 1.89. The number of hydrogen-bond donors (Lipinski definition) is 3. The number of benzene rings is 1. The van der Waals surface area contributed by atoms with Crippen molar-refractivity contribution in [3.8, 4) is 0 Å². The largest absolute Gasteiger partial charge is 0.360 e. The van der Waals surface area contributed by atoms with Crippen LogP contribution in [0.5, 0.6) is 0 Å². The molecule has 22 heavy (non-hydrogen) atoms. The summed E-state index contributed by atoms with van der Waals surface area (Å²) in [7, 11) is 0. The van der Waals surface area contributed by atoms with Crippen molar-refractivity contribution >= 4 is 29.4 Å². The van der Waals surface area contributed by atoms with Gasteiger partial charge in [-0.2, -0.15) is 0 Å². The third-order valence-electron chi connectivity index (χ3n) is 2.67. The Morgan fingerprint density at radius 1 is 1.23 bits per heavy atom. The van der Waals surface area contributed by atoms with Gasteiger partial charge < -0.3 is 20.5 Å². The van der Waals surface area contributed by atoms with Crippen molar-refractivity contribution < 1.29 is 14.1 Å². The maximum absolute atomic E-state index is 11.6. The molecule has 1 heterocycles. The van der Waals surface area contributed by atoms with Crippen LogP contribution in [-0.4, -0.2) is 23.6 Å². The number of halogens is 1. The molecule has 0 atom stereocenters. The van der Waals surface area contributed by atoms with E-state index in [-0.39, 0.29) is 6.54 Å². The standard InChI is InChI=1S/C14H15ClN4O3/c1-9-6-12(19-22-9)18-13(20)8-17-14(21)16-7-10-2-4-11(15)5-3-10/h2-6H,7-8H2,1H3,(H2,16,17,21)(H,18,19,20). The molecule has 0 bridgehead atoms. The highest BCUT2D eigenvalue weighted by Crippen LogP contribution is 2.09. The molecule has 0 unspecified atom stereocenters. The lowest BCUT2D eigenvalue weighted by atomic mass is 10.2. The molecule has 0 spiro atoms. The summed E-state index contributed by atoms with van der Waals surface area (Å²) in [6, 6.07) is 8.23. The number of urea groups is 1. The van der Waals surface area contributed by atoms with Crippen LogP contribution in [0.1, 0.15) is 11.3 Å². The molecule has 7 nitrogen and oxygen atoms in total. The van der Waals surface area contributed by atoms with Crippen LogP contribution >= 0.6 is 11.6 Å². The number of nitrogens with one attached hydrogen (secondary N) is 3. The minimum Gasteiger partial charge on any atom is -0.360 e. The lowest BCUT2D eigenvalue weighted by Crippen LogP contribution is -2.39. The SMILES string of the molecule is Cc1cc(NC(=O)CNC(=O)NCc2ccc(Cl)cc2)no1. The molecule has 0 saturated heterocycles.